The predicted molar refractivity (Wildman–Crippen MR) is 114 cm³/mol. The number of benzene rings is 2. The number of halogens is 2. The van der Waals surface area contributed by atoms with Crippen molar-refractivity contribution in [3.63, 3.8) is 0 Å². The van der Waals surface area contributed by atoms with Gasteiger partial charge in [0.2, 0.25) is 0 Å². The highest BCUT2D eigenvalue weighted by Gasteiger charge is 2.23. The topological polar surface area (TPSA) is 38.3 Å². The lowest BCUT2D eigenvalue weighted by Crippen LogP contribution is -2.23. The second kappa shape index (κ2) is 8.12. The third-order valence-corrected chi connectivity index (χ3v) is 4.77. The van der Waals surface area contributed by atoms with E-state index < -0.39 is 0 Å². The Morgan fingerprint density at radius 3 is 2.19 bits per heavy atom. The molecule has 0 spiro atoms. The van der Waals surface area contributed by atoms with Gasteiger partial charge in [0.25, 0.3) is 5.91 Å². The van der Waals surface area contributed by atoms with Crippen LogP contribution in [0, 0.1) is 0 Å². The quantitative estimate of drug-likeness (QED) is 0.619. The molecule has 0 bridgehead atoms. The third-order valence-electron chi connectivity index (χ3n) is 4.22. The summed E-state index contributed by atoms with van der Waals surface area (Å²) < 4.78 is 5.85. The molecule has 0 aliphatic heterocycles. The van der Waals surface area contributed by atoms with Crippen molar-refractivity contribution < 1.29 is 9.53 Å². The summed E-state index contributed by atoms with van der Waals surface area (Å²) in [4.78, 5) is 12.3. The van der Waals surface area contributed by atoms with Gasteiger partial charge in [-0.25, -0.2) is 0 Å². The molecule has 0 aromatic heterocycles. The van der Waals surface area contributed by atoms with E-state index in [0.717, 1.165) is 5.56 Å². The fourth-order valence-electron chi connectivity index (χ4n) is 2.63. The Morgan fingerprint density at radius 2 is 1.63 bits per heavy atom. The second-order valence-electron chi connectivity index (χ2n) is 8.67. The van der Waals surface area contributed by atoms with Gasteiger partial charge in [-0.2, -0.15) is 0 Å². The molecule has 0 fully saturated rings. The Hall–Kier alpha value is -1.71. The minimum absolute atomic E-state index is 0.0429. The fraction of sp³-hybridized carbons (Fsp3) is 0.409. The molecule has 0 saturated carbocycles. The van der Waals surface area contributed by atoms with Gasteiger partial charge in [-0.05, 0) is 46.2 Å². The van der Waals surface area contributed by atoms with Crippen LogP contribution in [0.3, 0.4) is 0 Å². The summed E-state index contributed by atoms with van der Waals surface area (Å²) in [5, 5.41) is 3.65. The van der Waals surface area contributed by atoms with Gasteiger partial charge in [0, 0.05) is 5.02 Å². The zero-order valence-electron chi connectivity index (χ0n) is 16.7. The van der Waals surface area contributed by atoms with E-state index in [4.69, 9.17) is 27.9 Å². The summed E-state index contributed by atoms with van der Waals surface area (Å²) in [7, 11) is 0. The van der Waals surface area contributed by atoms with Gasteiger partial charge >= 0.3 is 0 Å². The van der Waals surface area contributed by atoms with Crippen molar-refractivity contribution in [2.45, 2.75) is 52.4 Å². The number of hydrogen-bond acceptors (Lipinski definition) is 2. The SMILES string of the molecule is CC(C)(C)c1ccc(OCC(=O)Nc2ccc(Cl)cc2Cl)c(C(C)(C)C)c1. The molecule has 0 radical (unpaired) electrons. The molecule has 0 heterocycles. The molecular formula is C22H27Cl2NO2. The number of carbonyl (C=O) groups excluding carboxylic acids is 1. The molecule has 27 heavy (non-hydrogen) atoms. The molecular weight excluding hydrogens is 381 g/mol. The van der Waals surface area contributed by atoms with Gasteiger partial charge < -0.3 is 10.1 Å². The molecule has 2 aromatic carbocycles. The number of hydrogen-bond donors (Lipinski definition) is 1. The Bertz CT molecular complexity index is 833. The molecule has 146 valence electrons. The van der Waals surface area contributed by atoms with Crippen LogP contribution in [0.1, 0.15) is 52.7 Å². The van der Waals surface area contributed by atoms with Crippen LogP contribution in [0.25, 0.3) is 0 Å². The van der Waals surface area contributed by atoms with Crippen LogP contribution in [0.15, 0.2) is 36.4 Å². The van der Waals surface area contributed by atoms with Crippen LogP contribution in [0.2, 0.25) is 10.0 Å². The van der Waals surface area contributed by atoms with E-state index in [1.54, 1.807) is 18.2 Å². The van der Waals surface area contributed by atoms with Crippen LogP contribution in [0.4, 0.5) is 5.69 Å². The van der Waals surface area contributed by atoms with Gasteiger partial charge in [-0.15, -0.1) is 0 Å². The Balaban J connectivity index is 2.15. The Labute approximate surface area is 172 Å². The van der Waals surface area contributed by atoms with E-state index in [1.807, 2.05) is 6.07 Å². The molecule has 0 atom stereocenters. The predicted octanol–water partition coefficient (Wildman–Crippen LogP) is 6.61. The smallest absolute Gasteiger partial charge is 0.262 e. The second-order valence-corrected chi connectivity index (χ2v) is 9.52. The largest absolute Gasteiger partial charge is 0.483 e. The summed E-state index contributed by atoms with van der Waals surface area (Å²) >= 11 is 12.0. The zero-order valence-corrected chi connectivity index (χ0v) is 18.3. The number of amides is 1. The molecule has 5 heteroatoms. The fourth-order valence-corrected chi connectivity index (χ4v) is 3.08. The molecule has 1 N–H and O–H groups in total. The highest BCUT2D eigenvalue weighted by Crippen LogP contribution is 2.35. The van der Waals surface area contributed by atoms with E-state index in [-0.39, 0.29) is 23.3 Å². The maximum Gasteiger partial charge on any atom is 0.262 e. The third kappa shape index (κ3) is 5.88. The number of rotatable bonds is 4. The van der Waals surface area contributed by atoms with Gasteiger partial charge in [0.1, 0.15) is 5.75 Å². The lowest BCUT2D eigenvalue weighted by molar-refractivity contribution is -0.118. The molecule has 0 saturated heterocycles. The first kappa shape index (κ1) is 21.6. The van der Waals surface area contributed by atoms with E-state index in [0.29, 0.717) is 21.5 Å². The van der Waals surface area contributed by atoms with E-state index >= 15 is 0 Å². The lowest BCUT2D eigenvalue weighted by Gasteiger charge is -2.27. The monoisotopic (exact) mass is 407 g/mol. The average Bonchev–Trinajstić information content (AvgIpc) is 2.53. The minimum atomic E-state index is -0.279. The Kier molecular flexibility index (Phi) is 6.49. The first-order valence-electron chi connectivity index (χ1n) is 8.90. The number of nitrogens with one attached hydrogen (secondary N) is 1. The molecule has 1 amide bonds. The minimum Gasteiger partial charge on any atom is -0.483 e. The Morgan fingerprint density at radius 1 is 0.963 bits per heavy atom. The number of anilines is 1. The van der Waals surface area contributed by atoms with E-state index in [1.165, 1.54) is 5.56 Å². The first-order chi connectivity index (χ1) is 12.4. The van der Waals surface area contributed by atoms with Gasteiger partial charge in [-0.3, -0.25) is 4.79 Å². The molecule has 0 aliphatic rings. The van der Waals surface area contributed by atoms with Crippen molar-refractivity contribution in [3.05, 3.63) is 57.6 Å². The molecule has 2 rings (SSSR count). The molecule has 2 aromatic rings. The summed E-state index contributed by atoms with van der Waals surface area (Å²) in [5.74, 6) is 0.437. The van der Waals surface area contributed by atoms with Gasteiger partial charge in [0.05, 0.1) is 10.7 Å². The number of carbonyl (C=O) groups is 1. The molecule has 3 nitrogen and oxygen atoms in total. The van der Waals surface area contributed by atoms with Crippen molar-refractivity contribution in [3.8, 4) is 5.75 Å². The summed E-state index contributed by atoms with van der Waals surface area (Å²) in [6, 6.07) is 11.1. The average molecular weight is 408 g/mol. The number of ether oxygens (including phenoxy) is 1. The normalized spacial score (nSPS) is 12.0. The highest BCUT2D eigenvalue weighted by molar-refractivity contribution is 6.36. The summed E-state index contributed by atoms with van der Waals surface area (Å²) in [6.45, 7) is 12.8. The summed E-state index contributed by atoms with van der Waals surface area (Å²) in [6.07, 6.45) is 0. The van der Waals surface area contributed by atoms with Crippen LogP contribution in [-0.4, -0.2) is 12.5 Å². The van der Waals surface area contributed by atoms with E-state index in [2.05, 4.69) is 59.0 Å². The lowest BCUT2D eigenvalue weighted by atomic mass is 9.80. The maximum atomic E-state index is 12.3. The highest BCUT2D eigenvalue weighted by atomic mass is 35.5. The van der Waals surface area contributed by atoms with Crippen molar-refractivity contribution in [1.82, 2.24) is 0 Å². The van der Waals surface area contributed by atoms with Crippen LogP contribution in [0.5, 0.6) is 5.75 Å². The summed E-state index contributed by atoms with van der Waals surface area (Å²) in [5.41, 5.74) is 2.76. The zero-order chi connectivity index (χ0) is 20.4. The van der Waals surface area contributed by atoms with Gasteiger partial charge in [0.15, 0.2) is 6.61 Å². The standard InChI is InChI=1S/C22H27Cl2NO2/c1-21(2,3)14-7-10-19(16(11-14)22(4,5)6)27-13-20(26)25-18-9-8-15(23)12-17(18)24/h7-12H,13H2,1-6H3,(H,25,26). The van der Waals surface area contributed by atoms with Crippen LogP contribution < -0.4 is 10.1 Å². The van der Waals surface area contributed by atoms with Crippen molar-refractivity contribution >= 4 is 34.8 Å². The van der Waals surface area contributed by atoms with Crippen molar-refractivity contribution in [2.24, 2.45) is 0 Å². The molecule has 0 unspecified atom stereocenters. The molecule has 0 aliphatic carbocycles. The first-order valence-corrected chi connectivity index (χ1v) is 9.66. The van der Waals surface area contributed by atoms with Crippen LogP contribution >= 0.6 is 23.2 Å². The maximum absolute atomic E-state index is 12.3. The van der Waals surface area contributed by atoms with Crippen LogP contribution in [-0.2, 0) is 15.6 Å². The van der Waals surface area contributed by atoms with E-state index in [9.17, 15) is 4.79 Å². The van der Waals surface area contributed by atoms with Crippen molar-refractivity contribution in [2.75, 3.05) is 11.9 Å². The van der Waals surface area contributed by atoms with Crippen molar-refractivity contribution in [1.29, 1.82) is 0 Å². The van der Waals surface area contributed by atoms with Gasteiger partial charge in [-0.1, -0.05) is 76.9 Å².